The van der Waals surface area contributed by atoms with Gasteiger partial charge in [0.25, 0.3) is 5.91 Å². The standard InChI is InChI=1S/C22H19NO/c24-22-18-12-5-4-10-16(18)21-14-19(15-8-2-1-3-9-15)17-11-6-7-13-20(17)23(21)22/h1-5,8-10,12,14,19H,6-7,11,13H2/t19-/m0/s1. The van der Waals surface area contributed by atoms with Crippen molar-refractivity contribution in [2.24, 2.45) is 0 Å². The molecule has 1 aliphatic carbocycles. The highest BCUT2D eigenvalue weighted by Gasteiger charge is 2.40. The number of hydrogen-bond donors (Lipinski definition) is 0. The average molecular weight is 313 g/mol. The number of rotatable bonds is 1. The van der Waals surface area contributed by atoms with Gasteiger partial charge in [-0.3, -0.25) is 9.69 Å². The van der Waals surface area contributed by atoms with Crippen molar-refractivity contribution in [1.29, 1.82) is 0 Å². The van der Waals surface area contributed by atoms with Gasteiger partial charge in [-0.1, -0.05) is 48.5 Å². The molecule has 2 aromatic carbocycles. The van der Waals surface area contributed by atoms with E-state index < -0.39 is 0 Å². The molecule has 2 aliphatic heterocycles. The monoisotopic (exact) mass is 313 g/mol. The van der Waals surface area contributed by atoms with Crippen molar-refractivity contribution >= 4 is 11.6 Å². The largest absolute Gasteiger partial charge is 0.280 e. The Bertz CT molecular complexity index is 891. The van der Waals surface area contributed by atoms with Crippen molar-refractivity contribution in [2.45, 2.75) is 31.6 Å². The Morgan fingerprint density at radius 2 is 1.54 bits per heavy atom. The SMILES string of the molecule is O=C1c2ccccc2C2=C[C@@H](c3ccccc3)C3=C(CCCC3)N12. The Hall–Kier alpha value is -2.61. The van der Waals surface area contributed by atoms with Crippen molar-refractivity contribution in [3.63, 3.8) is 0 Å². The number of amides is 1. The summed E-state index contributed by atoms with van der Waals surface area (Å²) in [5.74, 6) is 0.449. The fourth-order valence-electron chi connectivity index (χ4n) is 4.39. The minimum Gasteiger partial charge on any atom is -0.280 e. The van der Waals surface area contributed by atoms with Crippen molar-refractivity contribution in [3.8, 4) is 0 Å². The molecular formula is C22H19NO. The van der Waals surface area contributed by atoms with Gasteiger partial charge in [0.15, 0.2) is 0 Å². The van der Waals surface area contributed by atoms with E-state index in [0.717, 1.165) is 29.7 Å². The highest BCUT2D eigenvalue weighted by Crippen LogP contribution is 2.49. The zero-order chi connectivity index (χ0) is 16.1. The first-order chi connectivity index (χ1) is 11.8. The molecule has 0 bridgehead atoms. The third-order valence-corrected chi connectivity index (χ3v) is 5.49. The number of allylic oxidation sites excluding steroid dienone is 3. The highest BCUT2D eigenvalue weighted by atomic mass is 16.2. The van der Waals surface area contributed by atoms with Crippen LogP contribution in [0.15, 0.2) is 71.9 Å². The summed E-state index contributed by atoms with van der Waals surface area (Å²) in [4.78, 5) is 15.0. The Morgan fingerprint density at radius 3 is 2.38 bits per heavy atom. The van der Waals surface area contributed by atoms with E-state index in [1.807, 2.05) is 23.1 Å². The lowest BCUT2D eigenvalue weighted by molar-refractivity contribution is 0.0872. The van der Waals surface area contributed by atoms with Crippen LogP contribution in [-0.4, -0.2) is 10.8 Å². The summed E-state index contributed by atoms with van der Waals surface area (Å²) >= 11 is 0. The summed E-state index contributed by atoms with van der Waals surface area (Å²) < 4.78 is 0. The molecule has 0 radical (unpaired) electrons. The maximum absolute atomic E-state index is 13.0. The van der Waals surface area contributed by atoms with Gasteiger partial charge in [0.2, 0.25) is 0 Å². The second kappa shape index (κ2) is 5.20. The molecule has 0 N–H and O–H groups in total. The first kappa shape index (κ1) is 13.8. The Labute approximate surface area is 142 Å². The zero-order valence-electron chi connectivity index (χ0n) is 13.5. The van der Waals surface area contributed by atoms with Gasteiger partial charge >= 0.3 is 0 Å². The maximum atomic E-state index is 13.0. The third kappa shape index (κ3) is 1.86. The van der Waals surface area contributed by atoms with E-state index in [4.69, 9.17) is 0 Å². The predicted octanol–water partition coefficient (Wildman–Crippen LogP) is 5.11. The summed E-state index contributed by atoms with van der Waals surface area (Å²) in [6, 6.07) is 18.7. The van der Waals surface area contributed by atoms with E-state index in [0.29, 0.717) is 5.92 Å². The summed E-state index contributed by atoms with van der Waals surface area (Å²) in [7, 11) is 0. The van der Waals surface area contributed by atoms with E-state index in [-0.39, 0.29) is 5.91 Å². The summed E-state index contributed by atoms with van der Waals surface area (Å²) in [6.07, 6.45) is 6.81. The molecular weight excluding hydrogens is 294 g/mol. The van der Waals surface area contributed by atoms with Crippen LogP contribution in [0.4, 0.5) is 0 Å². The van der Waals surface area contributed by atoms with Crippen molar-refractivity contribution < 1.29 is 4.79 Å². The van der Waals surface area contributed by atoms with Crippen LogP contribution in [0.2, 0.25) is 0 Å². The fraction of sp³-hybridized carbons (Fsp3) is 0.227. The first-order valence-corrected chi connectivity index (χ1v) is 8.77. The molecule has 1 atom stereocenters. The van der Waals surface area contributed by atoms with Crippen molar-refractivity contribution in [1.82, 2.24) is 4.90 Å². The third-order valence-electron chi connectivity index (χ3n) is 5.49. The van der Waals surface area contributed by atoms with Crippen LogP contribution in [0.3, 0.4) is 0 Å². The van der Waals surface area contributed by atoms with Crippen LogP contribution in [0.1, 0.15) is 53.1 Å². The molecule has 0 fully saturated rings. The Morgan fingerprint density at radius 1 is 0.833 bits per heavy atom. The minimum atomic E-state index is 0.151. The predicted molar refractivity (Wildman–Crippen MR) is 95.3 cm³/mol. The maximum Gasteiger partial charge on any atom is 0.263 e. The van der Waals surface area contributed by atoms with Crippen LogP contribution in [0.25, 0.3) is 5.70 Å². The quantitative estimate of drug-likeness (QED) is 0.716. The molecule has 1 amide bonds. The minimum absolute atomic E-state index is 0.151. The van der Waals surface area contributed by atoms with E-state index in [2.05, 4.69) is 42.5 Å². The lowest BCUT2D eigenvalue weighted by atomic mass is 9.79. The number of benzene rings is 2. The molecule has 2 heteroatoms. The van der Waals surface area contributed by atoms with Crippen molar-refractivity contribution in [2.75, 3.05) is 0 Å². The summed E-state index contributed by atoms with van der Waals surface area (Å²) in [6.45, 7) is 0. The molecule has 0 unspecified atom stereocenters. The van der Waals surface area contributed by atoms with E-state index >= 15 is 0 Å². The van der Waals surface area contributed by atoms with Crippen LogP contribution in [0, 0.1) is 0 Å². The number of carbonyl (C=O) groups excluding carboxylic acids is 1. The Balaban J connectivity index is 1.73. The van der Waals surface area contributed by atoms with Gasteiger partial charge in [-0.2, -0.15) is 0 Å². The lowest BCUT2D eigenvalue weighted by Crippen LogP contribution is -2.29. The Kier molecular flexibility index (Phi) is 2.99. The van der Waals surface area contributed by atoms with Gasteiger partial charge in [0, 0.05) is 22.7 Å². The molecule has 0 saturated heterocycles. The first-order valence-electron chi connectivity index (χ1n) is 8.77. The highest BCUT2D eigenvalue weighted by molar-refractivity contribution is 6.11. The molecule has 0 spiro atoms. The molecule has 2 nitrogen and oxygen atoms in total. The second-order valence-electron chi connectivity index (χ2n) is 6.81. The molecule has 0 aromatic heterocycles. The second-order valence-corrected chi connectivity index (χ2v) is 6.81. The van der Waals surface area contributed by atoms with E-state index in [1.165, 1.54) is 29.7 Å². The van der Waals surface area contributed by atoms with Crippen LogP contribution < -0.4 is 0 Å². The molecule has 2 heterocycles. The van der Waals surface area contributed by atoms with Gasteiger partial charge in [0.1, 0.15) is 0 Å². The normalized spacial score (nSPS) is 22.0. The molecule has 118 valence electrons. The van der Waals surface area contributed by atoms with Crippen molar-refractivity contribution in [3.05, 3.63) is 88.6 Å². The molecule has 3 aliphatic rings. The zero-order valence-corrected chi connectivity index (χ0v) is 13.5. The van der Waals surface area contributed by atoms with Gasteiger partial charge in [0.05, 0.1) is 5.70 Å². The summed E-state index contributed by atoms with van der Waals surface area (Å²) in [5.41, 5.74) is 7.04. The molecule has 0 saturated carbocycles. The van der Waals surface area contributed by atoms with E-state index in [1.54, 1.807) is 0 Å². The smallest absolute Gasteiger partial charge is 0.263 e. The number of carbonyl (C=O) groups is 1. The van der Waals surface area contributed by atoms with E-state index in [9.17, 15) is 4.79 Å². The van der Waals surface area contributed by atoms with Gasteiger partial charge in [-0.25, -0.2) is 0 Å². The molecule has 24 heavy (non-hydrogen) atoms. The topological polar surface area (TPSA) is 20.3 Å². The molecule has 2 aromatic rings. The fourth-order valence-corrected chi connectivity index (χ4v) is 4.39. The van der Waals surface area contributed by atoms with Gasteiger partial charge in [-0.05, 0) is 49.0 Å². The number of fused-ring (bicyclic) bond motifs is 4. The van der Waals surface area contributed by atoms with Gasteiger partial charge < -0.3 is 0 Å². The van der Waals surface area contributed by atoms with Crippen LogP contribution in [-0.2, 0) is 0 Å². The summed E-state index contributed by atoms with van der Waals surface area (Å²) in [5, 5.41) is 0. The number of hydrogen-bond acceptors (Lipinski definition) is 1. The molecule has 5 rings (SSSR count). The lowest BCUT2D eigenvalue weighted by Gasteiger charge is -2.36. The average Bonchev–Trinajstić information content (AvgIpc) is 2.95. The van der Waals surface area contributed by atoms with Crippen LogP contribution >= 0.6 is 0 Å². The van der Waals surface area contributed by atoms with Crippen LogP contribution in [0.5, 0.6) is 0 Å². The number of nitrogens with zero attached hydrogens (tertiary/aromatic N) is 1. The van der Waals surface area contributed by atoms with Gasteiger partial charge in [-0.15, -0.1) is 0 Å².